The van der Waals surface area contributed by atoms with Gasteiger partial charge in [-0.1, -0.05) is 43.3 Å². The van der Waals surface area contributed by atoms with E-state index in [1.54, 1.807) is 6.07 Å². The summed E-state index contributed by atoms with van der Waals surface area (Å²) < 4.78 is 38.8. The monoisotopic (exact) mass is 401 g/mol. The Balaban J connectivity index is 1.47. The molecule has 2 aromatic rings. The number of hydrogen-bond donors (Lipinski definition) is 0. The van der Waals surface area contributed by atoms with E-state index in [9.17, 15) is 13.2 Å². The minimum Gasteiger partial charge on any atom is -0.258 e. The SMILES string of the molecule is CC[C@H](C/C=C\CCCc1ccc2c(n1)CCCC2)c1cccc(C(F)(F)F)c1. The van der Waals surface area contributed by atoms with Crippen molar-refractivity contribution in [2.45, 2.75) is 76.8 Å². The maximum atomic E-state index is 12.9. The smallest absolute Gasteiger partial charge is 0.258 e. The molecule has 0 bridgehead atoms. The van der Waals surface area contributed by atoms with E-state index in [-0.39, 0.29) is 5.92 Å². The summed E-state index contributed by atoms with van der Waals surface area (Å²) in [4.78, 5) is 4.82. The number of aromatic nitrogens is 1. The van der Waals surface area contributed by atoms with Crippen LogP contribution in [0.1, 0.15) is 79.4 Å². The summed E-state index contributed by atoms with van der Waals surface area (Å²) in [6.07, 6.45) is 9.38. The van der Waals surface area contributed by atoms with Gasteiger partial charge < -0.3 is 0 Å². The molecule has 1 nitrogen and oxygen atoms in total. The van der Waals surface area contributed by atoms with Gasteiger partial charge in [0.15, 0.2) is 0 Å². The van der Waals surface area contributed by atoms with Gasteiger partial charge in [0.1, 0.15) is 0 Å². The number of rotatable bonds is 8. The zero-order valence-electron chi connectivity index (χ0n) is 17.1. The zero-order chi connectivity index (χ0) is 20.7. The molecule has 1 aliphatic rings. The van der Waals surface area contributed by atoms with E-state index in [4.69, 9.17) is 4.98 Å². The fourth-order valence-electron chi connectivity index (χ4n) is 4.05. The lowest BCUT2D eigenvalue weighted by Gasteiger charge is -2.15. The molecule has 0 amide bonds. The maximum Gasteiger partial charge on any atom is 0.416 e. The second kappa shape index (κ2) is 10.1. The highest BCUT2D eigenvalue weighted by Gasteiger charge is 2.30. The van der Waals surface area contributed by atoms with Crippen molar-refractivity contribution < 1.29 is 13.2 Å². The quantitative estimate of drug-likeness (QED) is 0.331. The molecule has 4 heteroatoms. The van der Waals surface area contributed by atoms with Crippen LogP contribution in [0.3, 0.4) is 0 Å². The van der Waals surface area contributed by atoms with Crippen LogP contribution in [-0.4, -0.2) is 4.98 Å². The van der Waals surface area contributed by atoms with Crippen LogP contribution in [0.5, 0.6) is 0 Å². The molecule has 0 aliphatic heterocycles. The number of nitrogens with zero attached hydrogens (tertiary/aromatic N) is 1. The van der Waals surface area contributed by atoms with Gasteiger partial charge >= 0.3 is 6.18 Å². The minimum atomic E-state index is -4.28. The summed E-state index contributed by atoms with van der Waals surface area (Å²) in [5, 5.41) is 0. The Bertz CT molecular complexity index is 823. The maximum absolute atomic E-state index is 12.9. The Morgan fingerprint density at radius 1 is 1.07 bits per heavy atom. The predicted molar refractivity (Wildman–Crippen MR) is 112 cm³/mol. The number of allylic oxidation sites excluding steroid dienone is 2. The van der Waals surface area contributed by atoms with Crippen LogP contribution in [0, 0.1) is 0 Å². The molecule has 0 spiro atoms. The highest BCUT2D eigenvalue weighted by molar-refractivity contribution is 5.29. The third kappa shape index (κ3) is 6.19. The predicted octanol–water partition coefficient (Wildman–Crippen LogP) is 7.44. The van der Waals surface area contributed by atoms with Crippen molar-refractivity contribution in [1.29, 1.82) is 0 Å². The third-order valence-electron chi connectivity index (χ3n) is 5.80. The van der Waals surface area contributed by atoms with E-state index in [0.29, 0.717) is 0 Å². The fourth-order valence-corrected chi connectivity index (χ4v) is 4.05. The van der Waals surface area contributed by atoms with Crippen LogP contribution in [0.4, 0.5) is 13.2 Å². The van der Waals surface area contributed by atoms with E-state index >= 15 is 0 Å². The number of fused-ring (bicyclic) bond motifs is 1. The van der Waals surface area contributed by atoms with Crippen LogP contribution < -0.4 is 0 Å². The summed E-state index contributed by atoms with van der Waals surface area (Å²) in [6, 6.07) is 10.2. The van der Waals surface area contributed by atoms with Crippen LogP contribution in [0.2, 0.25) is 0 Å². The van der Waals surface area contributed by atoms with Crippen molar-refractivity contribution in [1.82, 2.24) is 4.98 Å². The third-order valence-corrected chi connectivity index (χ3v) is 5.80. The van der Waals surface area contributed by atoms with Gasteiger partial charge in [-0.05, 0) is 87.0 Å². The van der Waals surface area contributed by atoms with Crippen molar-refractivity contribution in [3.63, 3.8) is 0 Å². The first-order valence-electron chi connectivity index (χ1n) is 10.8. The first-order valence-corrected chi connectivity index (χ1v) is 10.8. The zero-order valence-corrected chi connectivity index (χ0v) is 17.1. The van der Waals surface area contributed by atoms with Gasteiger partial charge in [0, 0.05) is 11.4 Å². The number of pyridine rings is 1. The number of hydrogen-bond acceptors (Lipinski definition) is 1. The largest absolute Gasteiger partial charge is 0.416 e. The molecule has 1 aliphatic carbocycles. The van der Waals surface area contributed by atoms with Gasteiger partial charge in [0.2, 0.25) is 0 Å². The minimum absolute atomic E-state index is 0.121. The Hall–Kier alpha value is -2.10. The van der Waals surface area contributed by atoms with Crippen molar-refractivity contribution >= 4 is 0 Å². The number of benzene rings is 1. The van der Waals surface area contributed by atoms with Gasteiger partial charge in [-0.15, -0.1) is 0 Å². The van der Waals surface area contributed by atoms with Gasteiger partial charge in [-0.2, -0.15) is 13.2 Å². The molecule has 0 N–H and O–H groups in total. The van der Waals surface area contributed by atoms with Gasteiger partial charge in [-0.3, -0.25) is 4.98 Å². The van der Waals surface area contributed by atoms with Crippen LogP contribution >= 0.6 is 0 Å². The molecule has 1 heterocycles. The molecule has 0 saturated carbocycles. The molecule has 0 unspecified atom stereocenters. The van der Waals surface area contributed by atoms with Crippen molar-refractivity contribution in [2.24, 2.45) is 0 Å². The van der Waals surface area contributed by atoms with E-state index in [1.165, 1.54) is 41.9 Å². The lowest BCUT2D eigenvalue weighted by Crippen LogP contribution is -2.07. The van der Waals surface area contributed by atoms with E-state index in [2.05, 4.69) is 24.3 Å². The average Bonchev–Trinajstić information content (AvgIpc) is 2.72. The Morgan fingerprint density at radius 3 is 2.69 bits per heavy atom. The number of unbranched alkanes of at least 4 members (excludes halogenated alkanes) is 1. The Kier molecular flexibility index (Phi) is 7.51. The standard InChI is InChI=1S/C25H30F3N/c1-2-19(21-12-9-13-22(18-21)25(26,27)28)10-5-3-4-6-14-23-17-16-20-11-7-8-15-24(20)29-23/h3,5,9,12-13,16-19H,2,4,6-8,10-11,14-15H2,1H3/b5-3-/t19-/m1/s1. The topological polar surface area (TPSA) is 12.9 Å². The number of halogens is 3. The molecule has 0 saturated heterocycles. The van der Waals surface area contributed by atoms with Crippen LogP contribution in [0.15, 0.2) is 48.6 Å². The second-order valence-corrected chi connectivity index (χ2v) is 7.94. The van der Waals surface area contributed by atoms with Crippen molar-refractivity contribution in [2.75, 3.05) is 0 Å². The highest BCUT2D eigenvalue weighted by atomic mass is 19.4. The summed E-state index contributed by atoms with van der Waals surface area (Å²) in [5.41, 5.74) is 4.09. The number of alkyl halides is 3. The first-order chi connectivity index (χ1) is 14.0. The first kappa shape index (κ1) is 21.6. The molecule has 156 valence electrons. The summed E-state index contributed by atoms with van der Waals surface area (Å²) >= 11 is 0. The van der Waals surface area contributed by atoms with E-state index in [1.807, 2.05) is 6.92 Å². The van der Waals surface area contributed by atoms with Gasteiger partial charge in [-0.25, -0.2) is 0 Å². The molecule has 1 atom stereocenters. The van der Waals surface area contributed by atoms with Crippen molar-refractivity contribution in [3.8, 4) is 0 Å². The molecule has 1 aromatic carbocycles. The second-order valence-electron chi connectivity index (χ2n) is 7.94. The van der Waals surface area contributed by atoms with Gasteiger partial charge in [0.25, 0.3) is 0 Å². The normalized spacial score (nSPS) is 15.4. The van der Waals surface area contributed by atoms with E-state index in [0.717, 1.165) is 56.6 Å². The highest BCUT2D eigenvalue weighted by Crippen LogP contribution is 2.32. The van der Waals surface area contributed by atoms with Gasteiger partial charge in [0.05, 0.1) is 5.56 Å². The fraction of sp³-hybridized carbons (Fsp3) is 0.480. The molecule has 0 fully saturated rings. The molecule has 1 aromatic heterocycles. The lowest BCUT2D eigenvalue weighted by atomic mass is 9.91. The van der Waals surface area contributed by atoms with Crippen LogP contribution in [-0.2, 0) is 25.4 Å². The summed E-state index contributed by atoms with van der Waals surface area (Å²) in [6.45, 7) is 2.03. The van der Waals surface area contributed by atoms with E-state index < -0.39 is 11.7 Å². The summed E-state index contributed by atoms with van der Waals surface area (Å²) in [5.74, 6) is 0.121. The average molecular weight is 402 g/mol. The molecule has 0 radical (unpaired) electrons. The number of aryl methyl sites for hydroxylation is 3. The molecule has 3 rings (SSSR count). The Labute approximate surface area is 172 Å². The molecule has 29 heavy (non-hydrogen) atoms. The van der Waals surface area contributed by atoms with Crippen LogP contribution in [0.25, 0.3) is 0 Å². The van der Waals surface area contributed by atoms with Crippen molar-refractivity contribution in [3.05, 3.63) is 76.6 Å². The molecular formula is C25H30F3N. The molecular weight excluding hydrogens is 371 g/mol. The lowest BCUT2D eigenvalue weighted by molar-refractivity contribution is -0.137. The Morgan fingerprint density at radius 2 is 1.90 bits per heavy atom. The summed E-state index contributed by atoms with van der Waals surface area (Å²) in [7, 11) is 0.